The van der Waals surface area contributed by atoms with Gasteiger partial charge in [0.05, 0.1) is 25.0 Å². The Morgan fingerprint density at radius 2 is 1.64 bits per heavy atom. The maximum absolute atomic E-state index is 13.0. The summed E-state index contributed by atoms with van der Waals surface area (Å²) < 4.78 is 59.5. The summed E-state index contributed by atoms with van der Waals surface area (Å²) in [7, 11) is 2.99. The zero-order valence-corrected chi connectivity index (χ0v) is 15.3. The number of methoxy groups -OCH3 is 2. The first-order valence-corrected chi connectivity index (χ1v) is 8.23. The zero-order chi connectivity index (χ0) is 20.6. The average molecular weight is 399 g/mol. The molecule has 9 heteroatoms. The Labute approximate surface area is 160 Å². The highest BCUT2D eigenvalue weighted by Gasteiger charge is 2.31. The first-order chi connectivity index (χ1) is 13.3. The van der Waals surface area contributed by atoms with E-state index in [2.05, 4.69) is 5.32 Å². The fourth-order valence-corrected chi connectivity index (χ4v) is 2.17. The van der Waals surface area contributed by atoms with E-state index in [4.69, 9.17) is 18.9 Å². The number of carbonyl (C=O) groups is 1. The molecule has 0 saturated heterocycles. The van der Waals surface area contributed by atoms with Gasteiger partial charge in [-0.2, -0.15) is 13.2 Å². The third-order valence-corrected chi connectivity index (χ3v) is 3.56. The van der Waals surface area contributed by atoms with Crippen LogP contribution in [0.25, 0.3) is 0 Å². The number of halogens is 3. The molecule has 1 N–H and O–H groups in total. The van der Waals surface area contributed by atoms with E-state index in [1.807, 2.05) is 0 Å². The molecule has 0 aliphatic heterocycles. The molecule has 1 amide bonds. The van der Waals surface area contributed by atoms with Crippen LogP contribution in [0, 0.1) is 0 Å². The summed E-state index contributed by atoms with van der Waals surface area (Å²) in [6.07, 6.45) is -4.55. The summed E-state index contributed by atoms with van der Waals surface area (Å²) in [6.45, 7) is -0.0256. The lowest BCUT2D eigenvalue weighted by molar-refractivity contribution is -0.137. The molecule has 0 aliphatic carbocycles. The minimum absolute atomic E-state index is 0.0999. The van der Waals surface area contributed by atoms with Gasteiger partial charge in [-0.05, 0) is 42.5 Å². The number of alkyl halides is 3. The lowest BCUT2D eigenvalue weighted by Crippen LogP contribution is -2.21. The van der Waals surface area contributed by atoms with Gasteiger partial charge in [-0.25, -0.2) is 0 Å². The van der Waals surface area contributed by atoms with Crippen LogP contribution >= 0.6 is 0 Å². The SMILES string of the molecule is COCCOc1ccc(C(F)(F)F)cc1NC(=O)COc1ccc(OC)cc1. The molecule has 28 heavy (non-hydrogen) atoms. The van der Waals surface area contributed by atoms with E-state index >= 15 is 0 Å². The van der Waals surface area contributed by atoms with Crippen molar-refractivity contribution in [2.24, 2.45) is 0 Å². The molecule has 2 rings (SSSR count). The summed E-state index contributed by atoms with van der Waals surface area (Å²) in [5, 5.41) is 2.39. The Bertz CT molecular complexity index is 778. The van der Waals surface area contributed by atoms with Crippen molar-refractivity contribution < 1.29 is 36.9 Å². The number of benzene rings is 2. The summed E-state index contributed by atoms with van der Waals surface area (Å²) in [5.74, 6) is 0.504. The molecular formula is C19H20F3NO5. The van der Waals surface area contributed by atoms with Gasteiger partial charge >= 0.3 is 6.18 Å². The maximum atomic E-state index is 13.0. The van der Waals surface area contributed by atoms with Gasteiger partial charge in [-0.1, -0.05) is 0 Å². The fraction of sp³-hybridized carbons (Fsp3) is 0.316. The molecule has 0 fully saturated rings. The number of hydrogen-bond acceptors (Lipinski definition) is 5. The molecule has 152 valence electrons. The van der Waals surface area contributed by atoms with Crippen molar-refractivity contribution in [1.29, 1.82) is 0 Å². The van der Waals surface area contributed by atoms with E-state index in [0.29, 0.717) is 11.5 Å². The average Bonchev–Trinajstić information content (AvgIpc) is 2.67. The molecule has 2 aromatic carbocycles. The molecule has 0 spiro atoms. The highest BCUT2D eigenvalue weighted by atomic mass is 19.4. The Balaban J connectivity index is 2.06. The minimum atomic E-state index is -4.55. The third-order valence-electron chi connectivity index (χ3n) is 3.56. The molecule has 0 bridgehead atoms. The number of amides is 1. The predicted molar refractivity (Wildman–Crippen MR) is 95.9 cm³/mol. The van der Waals surface area contributed by atoms with Gasteiger partial charge in [0.2, 0.25) is 0 Å². The standard InChI is InChI=1S/C19H20F3NO5/c1-25-9-10-27-17-8-3-13(19(20,21)22)11-16(17)23-18(24)12-28-15-6-4-14(26-2)5-7-15/h3-8,11H,9-10,12H2,1-2H3,(H,23,24). The van der Waals surface area contributed by atoms with Crippen LogP contribution in [-0.4, -0.2) is 39.9 Å². The lowest BCUT2D eigenvalue weighted by atomic mass is 10.1. The summed E-state index contributed by atoms with van der Waals surface area (Å²) in [4.78, 5) is 12.1. The molecule has 0 unspecified atom stereocenters. The zero-order valence-electron chi connectivity index (χ0n) is 15.3. The molecule has 0 radical (unpaired) electrons. The maximum Gasteiger partial charge on any atom is 0.416 e. The van der Waals surface area contributed by atoms with E-state index in [1.165, 1.54) is 14.2 Å². The quantitative estimate of drug-likeness (QED) is 0.651. The van der Waals surface area contributed by atoms with Crippen LogP contribution in [0.5, 0.6) is 17.2 Å². The first-order valence-electron chi connectivity index (χ1n) is 8.23. The molecule has 0 saturated carbocycles. The van der Waals surface area contributed by atoms with E-state index < -0.39 is 17.6 Å². The van der Waals surface area contributed by atoms with Gasteiger partial charge in [-0.15, -0.1) is 0 Å². The highest BCUT2D eigenvalue weighted by Crippen LogP contribution is 2.35. The van der Waals surface area contributed by atoms with Crippen molar-refractivity contribution in [1.82, 2.24) is 0 Å². The number of rotatable bonds is 9. The number of anilines is 1. The normalized spacial score (nSPS) is 11.0. The largest absolute Gasteiger partial charge is 0.497 e. The highest BCUT2D eigenvalue weighted by molar-refractivity contribution is 5.93. The minimum Gasteiger partial charge on any atom is -0.497 e. The number of hydrogen-bond donors (Lipinski definition) is 1. The van der Waals surface area contributed by atoms with Crippen molar-refractivity contribution in [2.45, 2.75) is 6.18 Å². The van der Waals surface area contributed by atoms with Gasteiger partial charge in [0.1, 0.15) is 23.9 Å². The van der Waals surface area contributed by atoms with Gasteiger partial charge in [-0.3, -0.25) is 4.79 Å². The van der Waals surface area contributed by atoms with Crippen LogP contribution in [0.1, 0.15) is 5.56 Å². The molecule has 0 aliphatic rings. The van der Waals surface area contributed by atoms with E-state index in [0.717, 1.165) is 18.2 Å². The van der Waals surface area contributed by atoms with Crippen LogP contribution < -0.4 is 19.5 Å². The smallest absolute Gasteiger partial charge is 0.416 e. The summed E-state index contributed by atoms with van der Waals surface area (Å²) in [6, 6.07) is 9.37. The van der Waals surface area contributed by atoms with Crippen LogP contribution in [0.15, 0.2) is 42.5 Å². The van der Waals surface area contributed by atoms with Crippen LogP contribution in [0.3, 0.4) is 0 Å². The molecule has 0 aromatic heterocycles. The predicted octanol–water partition coefficient (Wildman–Crippen LogP) is 3.76. The first kappa shape index (κ1) is 21.4. The molecular weight excluding hydrogens is 379 g/mol. The Morgan fingerprint density at radius 1 is 0.964 bits per heavy atom. The van der Waals surface area contributed by atoms with Crippen molar-refractivity contribution in [2.75, 3.05) is 39.4 Å². The molecule has 2 aromatic rings. The lowest BCUT2D eigenvalue weighted by Gasteiger charge is -2.15. The van der Waals surface area contributed by atoms with Crippen LogP contribution in [0.4, 0.5) is 18.9 Å². The second-order valence-electron chi connectivity index (χ2n) is 5.56. The van der Waals surface area contributed by atoms with E-state index in [-0.39, 0.29) is 31.3 Å². The van der Waals surface area contributed by atoms with Gasteiger partial charge in [0.25, 0.3) is 5.91 Å². The number of ether oxygens (including phenoxy) is 4. The fourth-order valence-electron chi connectivity index (χ4n) is 2.17. The number of nitrogens with one attached hydrogen (secondary N) is 1. The molecule has 0 heterocycles. The van der Waals surface area contributed by atoms with E-state index in [1.54, 1.807) is 24.3 Å². The summed E-state index contributed by atoms with van der Waals surface area (Å²) in [5.41, 5.74) is -1.01. The second kappa shape index (κ2) is 9.84. The van der Waals surface area contributed by atoms with E-state index in [9.17, 15) is 18.0 Å². The Morgan fingerprint density at radius 3 is 2.25 bits per heavy atom. The monoisotopic (exact) mass is 399 g/mol. The van der Waals surface area contributed by atoms with Crippen LogP contribution in [0.2, 0.25) is 0 Å². The van der Waals surface area contributed by atoms with Crippen LogP contribution in [-0.2, 0) is 15.7 Å². The van der Waals surface area contributed by atoms with Gasteiger partial charge in [0.15, 0.2) is 6.61 Å². The van der Waals surface area contributed by atoms with Crippen molar-refractivity contribution in [3.8, 4) is 17.2 Å². The number of carbonyl (C=O) groups excluding carboxylic acids is 1. The third kappa shape index (κ3) is 6.34. The topological polar surface area (TPSA) is 66.0 Å². The Kier molecular flexibility index (Phi) is 7.51. The second-order valence-corrected chi connectivity index (χ2v) is 5.56. The molecule has 0 atom stereocenters. The van der Waals surface area contributed by atoms with Gasteiger partial charge in [0, 0.05) is 7.11 Å². The summed E-state index contributed by atoms with van der Waals surface area (Å²) >= 11 is 0. The van der Waals surface area contributed by atoms with Crippen molar-refractivity contribution >= 4 is 11.6 Å². The van der Waals surface area contributed by atoms with Crippen molar-refractivity contribution in [3.63, 3.8) is 0 Å². The molecule has 6 nitrogen and oxygen atoms in total. The van der Waals surface area contributed by atoms with Crippen molar-refractivity contribution in [3.05, 3.63) is 48.0 Å². The Hall–Kier alpha value is -2.94. The van der Waals surface area contributed by atoms with Gasteiger partial charge < -0.3 is 24.3 Å².